The third kappa shape index (κ3) is 4.00. The fraction of sp³-hybridized carbons (Fsp3) is 0.320. The van der Waals surface area contributed by atoms with Gasteiger partial charge in [0.05, 0.1) is 5.69 Å². The Kier molecular flexibility index (Phi) is 6.28. The first-order valence-electron chi connectivity index (χ1n) is 10.8. The number of anilines is 1. The van der Waals surface area contributed by atoms with Gasteiger partial charge in [-0.2, -0.15) is 0 Å². The van der Waals surface area contributed by atoms with Crippen molar-refractivity contribution in [3.05, 3.63) is 70.2 Å². The summed E-state index contributed by atoms with van der Waals surface area (Å²) in [6.07, 6.45) is 1.13. The predicted molar refractivity (Wildman–Crippen MR) is 126 cm³/mol. The minimum absolute atomic E-state index is 0.0395. The molecule has 32 heavy (non-hydrogen) atoms. The molecule has 1 unspecified atom stereocenters. The number of benzene rings is 2. The van der Waals surface area contributed by atoms with Crippen molar-refractivity contribution in [2.24, 2.45) is 0 Å². The standard InChI is InChI=1S/C25H26N2O4S/c1-4-9-15(2)27(24-26-16(3)22(32-24)23(28)29)25(30)31-14-21-19-12-7-5-10-17(19)18-11-6-8-13-20(18)21/h5-8,10-13,15,21H,4,9,14H2,1-3H3,(H,28,29). The van der Waals surface area contributed by atoms with Crippen molar-refractivity contribution in [1.29, 1.82) is 0 Å². The third-order valence-corrected chi connectivity index (χ3v) is 7.01. The van der Waals surface area contributed by atoms with Crippen molar-refractivity contribution in [1.82, 2.24) is 4.98 Å². The number of carbonyl (C=O) groups excluding carboxylic acids is 1. The van der Waals surface area contributed by atoms with Gasteiger partial charge in [-0.05, 0) is 42.5 Å². The monoisotopic (exact) mass is 450 g/mol. The van der Waals surface area contributed by atoms with Crippen molar-refractivity contribution in [2.45, 2.75) is 45.6 Å². The largest absolute Gasteiger partial charge is 0.477 e. The van der Waals surface area contributed by atoms with Crippen LogP contribution in [0.15, 0.2) is 48.5 Å². The lowest BCUT2D eigenvalue weighted by Gasteiger charge is -2.26. The van der Waals surface area contributed by atoms with Crippen LogP contribution < -0.4 is 4.90 Å². The number of carboxylic acids is 1. The van der Waals surface area contributed by atoms with E-state index in [0.29, 0.717) is 10.8 Å². The first kappa shape index (κ1) is 22.0. The summed E-state index contributed by atoms with van der Waals surface area (Å²) in [6, 6.07) is 16.2. The number of thiazole rings is 1. The quantitative estimate of drug-likeness (QED) is 0.471. The second-order valence-electron chi connectivity index (χ2n) is 8.03. The van der Waals surface area contributed by atoms with Crippen LogP contribution in [0, 0.1) is 6.92 Å². The number of rotatable bonds is 7. The van der Waals surface area contributed by atoms with Crippen LogP contribution in [0.3, 0.4) is 0 Å². The van der Waals surface area contributed by atoms with Gasteiger partial charge in [-0.3, -0.25) is 4.90 Å². The van der Waals surface area contributed by atoms with E-state index >= 15 is 0 Å². The molecule has 0 aliphatic heterocycles. The van der Waals surface area contributed by atoms with Gasteiger partial charge in [0.15, 0.2) is 5.13 Å². The first-order chi connectivity index (χ1) is 15.4. The van der Waals surface area contributed by atoms with E-state index in [0.717, 1.165) is 35.3 Å². The molecule has 0 saturated heterocycles. The summed E-state index contributed by atoms with van der Waals surface area (Å²) < 4.78 is 5.84. The molecule has 2 aromatic carbocycles. The molecular formula is C25H26N2O4S. The maximum Gasteiger partial charge on any atom is 0.416 e. The van der Waals surface area contributed by atoms with E-state index in [1.54, 1.807) is 6.92 Å². The molecule has 4 rings (SSSR count). The Morgan fingerprint density at radius 1 is 1.12 bits per heavy atom. The SMILES string of the molecule is CCCC(C)N(C(=O)OCC1c2ccccc2-c2ccccc21)c1nc(C)c(C(=O)O)s1. The Morgan fingerprint density at radius 2 is 1.72 bits per heavy atom. The van der Waals surface area contributed by atoms with Crippen LogP contribution in [0.2, 0.25) is 0 Å². The van der Waals surface area contributed by atoms with Crippen LogP contribution in [0.1, 0.15) is 59.1 Å². The molecule has 3 aromatic rings. The van der Waals surface area contributed by atoms with Gasteiger partial charge < -0.3 is 9.84 Å². The molecule has 1 amide bonds. The minimum atomic E-state index is -1.04. The van der Waals surface area contributed by atoms with Crippen molar-refractivity contribution < 1.29 is 19.4 Å². The molecule has 0 radical (unpaired) electrons. The summed E-state index contributed by atoms with van der Waals surface area (Å²) in [5.41, 5.74) is 5.03. The highest BCUT2D eigenvalue weighted by Gasteiger charge is 2.32. The Morgan fingerprint density at radius 3 is 2.25 bits per heavy atom. The highest BCUT2D eigenvalue weighted by atomic mass is 32.1. The molecule has 1 aliphatic carbocycles. The van der Waals surface area contributed by atoms with E-state index in [-0.39, 0.29) is 23.4 Å². The van der Waals surface area contributed by atoms with Gasteiger partial charge in [-0.15, -0.1) is 0 Å². The van der Waals surface area contributed by atoms with Gasteiger partial charge in [0.25, 0.3) is 0 Å². The number of aromatic carboxylic acids is 1. The normalized spacial score (nSPS) is 13.3. The molecule has 0 bridgehead atoms. The number of carboxylic acid groups (broad SMARTS) is 1. The fourth-order valence-corrected chi connectivity index (χ4v) is 5.34. The second-order valence-corrected chi connectivity index (χ2v) is 9.01. The maximum absolute atomic E-state index is 13.3. The van der Waals surface area contributed by atoms with E-state index in [4.69, 9.17) is 4.74 Å². The number of fused-ring (bicyclic) bond motifs is 3. The molecule has 6 nitrogen and oxygen atoms in total. The van der Waals surface area contributed by atoms with E-state index in [9.17, 15) is 14.7 Å². The van der Waals surface area contributed by atoms with Crippen molar-refractivity contribution in [2.75, 3.05) is 11.5 Å². The van der Waals surface area contributed by atoms with Gasteiger partial charge in [-0.25, -0.2) is 14.6 Å². The minimum Gasteiger partial charge on any atom is -0.477 e. The zero-order valence-corrected chi connectivity index (χ0v) is 19.2. The van der Waals surface area contributed by atoms with Gasteiger partial charge in [0.1, 0.15) is 11.5 Å². The Hall–Kier alpha value is -3.19. The highest BCUT2D eigenvalue weighted by Crippen LogP contribution is 2.44. The molecule has 7 heteroatoms. The second kappa shape index (κ2) is 9.12. The number of hydrogen-bond donors (Lipinski definition) is 1. The van der Waals surface area contributed by atoms with E-state index in [1.165, 1.54) is 16.0 Å². The molecule has 1 aromatic heterocycles. The van der Waals surface area contributed by atoms with Crippen molar-refractivity contribution in [3.8, 4) is 11.1 Å². The maximum atomic E-state index is 13.3. The summed E-state index contributed by atoms with van der Waals surface area (Å²) in [5, 5.41) is 9.77. The zero-order valence-electron chi connectivity index (χ0n) is 18.4. The Balaban J connectivity index is 1.59. The number of nitrogens with zero attached hydrogens (tertiary/aromatic N) is 2. The smallest absolute Gasteiger partial charge is 0.416 e. The van der Waals surface area contributed by atoms with Crippen LogP contribution in [-0.4, -0.2) is 34.8 Å². The van der Waals surface area contributed by atoms with Crippen LogP contribution in [0.5, 0.6) is 0 Å². The Bertz CT molecular complexity index is 1110. The van der Waals surface area contributed by atoms with E-state index < -0.39 is 12.1 Å². The van der Waals surface area contributed by atoms with Crippen LogP contribution >= 0.6 is 11.3 Å². The number of aromatic nitrogens is 1. The van der Waals surface area contributed by atoms with Crippen LogP contribution in [-0.2, 0) is 4.74 Å². The lowest BCUT2D eigenvalue weighted by Crippen LogP contribution is -2.39. The summed E-state index contributed by atoms with van der Waals surface area (Å²) in [4.78, 5) is 30.8. The molecule has 0 saturated carbocycles. The molecule has 1 N–H and O–H groups in total. The molecular weight excluding hydrogens is 424 g/mol. The third-order valence-electron chi connectivity index (χ3n) is 5.87. The van der Waals surface area contributed by atoms with E-state index in [1.807, 2.05) is 38.1 Å². The Labute approximate surface area is 191 Å². The van der Waals surface area contributed by atoms with Gasteiger partial charge in [0.2, 0.25) is 0 Å². The van der Waals surface area contributed by atoms with Crippen LogP contribution in [0.4, 0.5) is 9.93 Å². The average Bonchev–Trinajstić information content (AvgIpc) is 3.31. The molecule has 1 heterocycles. The first-order valence-corrected chi connectivity index (χ1v) is 11.6. The number of hydrogen-bond acceptors (Lipinski definition) is 5. The predicted octanol–water partition coefficient (Wildman–Crippen LogP) is 6.09. The number of amides is 1. The zero-order chi connectivity index (χ0) is 22.8. The molecule has 166 valence electrons. The summed E-state index contributed by atoms with van der Waals surface area (Å²) in [7, 11) is 0. The number of aryl methyl sites for hydroxylation is 1. The van der Waals surface area contributed by atoms with Gasteiger partial charge in [0, 0.05) is 12.0 Å². The highest BCUT2D eigenvalue weighted by molar-refractivity contribution is 7.17. The average molecular weight is 451 g/mol. The molecule has 0 spiro atoms. The fourth-order valence-electron chi connectivity index (χ4n) is 4.34. The number of carbonyl (C=O) groups is 2. The summed E-state index contributed by atoms with van der Waals surface area (Å²) in [5.74, 6) is -1.08. The van der Waals surface area contributed by atoms with Crippen molar-refractivity contribution >= 4 is 28.5 Å². The van der Waals surface area contributed by atoms with Gasteiger partial charge in [-0.1, -0.05) is 73.2 Å². The summed E-state index contributed by atoms with van der Waals surface area (Å²) in [6.45, 7) is 5.83. The van der Waals surface area contributed by atoms with Gasteiger partial charge >= 0.3 is 12.1 Å². The van der Waals surface area contributed by atoms with Crippen molar-refractivity contribution in [3.63, 3.8) is 0 Å². The molecule has 0 fully saturated rings. The topological polar surface area (TPSA) is 79.7 Å². The number of ether oxygens (including phenoxy) is 1. The lowest BCUT2D eigenvalue weighted by molar-refractivity contribution is 0.0701. The molecule has 1 atom stereocenters. The molecule has 1 aliphatic rings. The lowest BCUT2D eigenvalue weighted by atomic mass is 9.98. The van der Waals surface area contributed by atoms with Crippen LogP contribution in [0.25, 0.3) is 11.1 Å². The summed E-state index contributed by atoms with van der Waals surface area (Å²) >= 11 is 1.01. The van der Waals surface area contributed by atoms with E-state index in [2.05, 4.69) is 29.2 Å².